The van der Waals surface area contributed by atoms with E-state index in [1.165, 1.54) is 0 Å². The maximum Gasteiger partial charge on any atom is 0.321 e. The lowest BCUT2D eigenvalue weighted by molar-refractivity contribution is -0.139. The van der Waals surface area contributed by atoms with Crippen molar-refractivity contribution in [2.75, 3.05) is 6.61 Å². The van der Waals surface area contributed by atoms with Crippen molar-refractivity contribution < 1.29 is 14.6 Å². The molecule has 0 spiro atoms. The normalized spacial score (nSPS) is 20.8. The molecule has 1 aromatic carbocycles. The number of carboxylic acids is 1. The Labute approximate surface area is 122 Å². The summed E-state index contributed by atoms with van der Waals surface area (Å²) >= 11 is 0. The molecule has 1 aromatic heterocycles. The molecule has 1 aliphatic heterocycles. The van der Waals surface area contributed by atoms with Crippen LogP contribution in [0.15, 0.2) is 30.6 Å². The van der Waals surface area contributed by atoms with Gasteiger partial charge < -0.3 is 14.8 Å². The monoisotopic (exact) mass is 287 g/mol. The topological polar surface area (TPSA) is 87.2 Å². The molecule has 1 aliphatic rings. The van der Waals surface area contributed by atoms with Gasteiger partial charge in [0, 0.05) is 17.7 Å². The number of nitrogens with one attached hydrogen (secondary N) is 2. The Morgan fingerprint density at radius 2 is 2.29 bits per heavy atom. The van der Waals surface area contributed by atoms with Crippen LogP contribution in [0.1, 0.15) is 29.9 Å². The summed E-state index contributed by atoms with van der Waals surface area (Å²) in [4.78, 5) is 18.7. The van der Waals surface area contributed by atoms with E-state index < -0.39 is 12.0 Å². The first-order valence-electron chi connectivity index (χ1n) is 6.93. The van der Waals surface area contributed by atoms with E-state index in [-0.39, 0.29) is 6.04 Å². The van der Waals surface area contributed by atoms with E-state index in [1.807, 2.05) is 31.2 Å². The van der Waals surface area contributed by atoms with Crippen LogP contribution in [-0.4, -0.2) is 33.7 Å². The van der Waals surface area contributed by atoms with Gasteiger partial charge >= 0.3 is 5.97 Å². The number of aliphatic carboxylic acids is 1. The molecule has 2 heterocycles. The second kappa shape index (κ2) is 5.57. The van der Waals surface area contributed by atoms with E-state index in [0.29, 0.717) is 13.0 Å². The molecule has 0 saturated heterocycles. The first-order chi connectivity index (χ1) is 10.2. The number of para-hydroxylation sites is 1. The van der Waals surface area contributed by atoms with Crippen LogP contribution in [0.25, 0.3) is 0 Å². The average molecular weight is 287 g/mol. The molecule has 0 amide bonds. The molecule has 0 saturated carbocycles. The highest BCUT2D eigenvalue weighted by atomic mass is 16.5. The van der Waals surface area contributed by atoms with Crippen molar-refractivity contribution in [1.82, 2.24) is 15.3 Å². The number of fused-ring (bicyclic) bond motifs is 1. The van der Waals surface area contributed by atoms with Crippen molar-refractivity contribution in [3.63, 3.8) is 0 Å². The Bertz CT molecular complexity index is 653. The highest BCUT2D eigenvalue weighted by molar-refractivity contribution is 5.74. The molecule has 2 aromatic rings. The number of nitrogens with zero attached hydrogens (tertiary/aromatic N) is 1. The van der Waals surface area contributed by atoms with Crippen LogP contribution in [-0.2, 0) is 11.2 Å². The van der Waals surface area contributed by atoms with Crippen LogP contribution >= 0.6 is 0 Å². The number of ether oxygens (including phenoxy) is 1. The Morgan fingerprint density at radius 1 is 1.48 bits per heavy atom. The van der Waals surface area contributed by atoms with Crippen LogP contribution in [0.2, 0.25) is 0 Å². The summed E-state index contributed by atoms with van der Waals surface area (Å²) in [6.07, 6.45) is 2.00. The summed E-state index contributed by atoms with van der Waals surface area (Å²) in [7, 11) is 0. The molecule has 3 rings (SSSR count). The number of hydrogen-bond donors (Lipinski definition) is 3. The second-order valence-corrected chi connectivity index (χ2v) is 4.93. The Kier molecular flexibility index (Phi) is 3.62. The van der Waals surface area contributed by atoms with Crippen LogP contribution in [0.4, 0.5) is 0 Å². The highest BCUT2D eigenvalue weighted by Gasteiger charge is 2.34. The molecule has 0 radical (unpaired) electrons. The van der Waals surface area contributed by atoms with Gasteiger partial charge in [-0.25, -0.2) is 4.98 Å². The lowest BCUT2D eigenvalue weighted by atomic mass is 9.93. The van der Waals surface area contributed by atoms with Crippen molar-refractivity contribution in [3.8, 4) is 5.75 Å². The number of rotatable bonds is 4. The van der Waals surface area contributed by atoms with Crippen LogP contribution in [0, 0.1) is 0 Å². The van der Waals surface area contributed by atoms with Crippen LogP contribution in [0.3, 0.4) is 0 Å². The van der Waals surface area contributed by atoms with Crippen molar-refractivity contribution in [2.24, 2.45) is 0 Å². The van der Waals surface area contributed by atoms with Crippen molar-refractivity contribution in [2.45, 2.75) is 25.4 Å². The fraction of sp³-hybridized carbons (Fsp3) is 0.333. The van der Waals surface area contributed by atoms with Gasteiger partial charge in [0.1, 0.15) is 11.8 Å². The van der Waals surface area contributed by atoms with Gasteiger partial charge in [0.25, 0.3) is 0 Å². The number of H-pyrrole nitrogens is 1. The van der Waals surface area contributed by atoms with Crippen molar-refractivity contribution in [1.29, 1.82) is 0 Å². The summed E-state index contributed by atoms with van der Waals surface area (Å²) in [5.41, 5.74) is 2.59. The van der Waals surface area contributed by atoms with E-state index in [9.17, 15) is 9.90 Å². The molecule has 2 atom stereocenters. The van der Waals surface area contributed by atoms with Crippen LogP contribution in [0.5, 0.6) is 5.75 Å². The maximum atomic E-state index is 11.3. The summed E-state index contributed by atoms with van der Waals surface area (Å²) in [6, 6.07) is 6.71. The predicted molar refractivity (Wildman–Crippen MR) is 76.3 cm³/mol. The number of aromatic amines is 1. The molecule has 21 heavy (non-hydrogen) atoms. The number of carboxylic acid groups (broad SMARTS) is 1. The summed E-state index contributed by atoms with van der Waals surface area (Å²) in [5, 5.41) is 12.5. The minimum absolute atomic E-state index is 0.288. The molecule has 0 fully saturated rings. The molecule has 6 nitrogen and oxygen atoms in total. The van der Waals surface area contributed by atoms with Gasteiger partial charge in [0.2, 0.25) is 0 Å². The van der Waals surface area contributed by atoms with Gasteiger partial charge in [-0.05, 0) is 13.0 Å². The molecule has 0 aliphatic carbocycles. The number of carbonyl (C=O) groups is 1. The van der Waals surface area contributed by atoms with E-state index in [2.05, 4.69) is 15.3 Å². The standard InChI is InChI=1S/C15H17N3O3/c1-2-21-12-6-4-3-5-9(12)13-14-10(16-8-17-14)7-11(18-13)15(19)20/h3-6,8,11,13,18H,2,7H2,1H3,(H,16,17)(H,19,20)/t11-,13-/m0/s1. The first-order valence-corrected chi connectivity index (χ1v) is 6.93. The molecule has 0 bridgehead atoms. The second-order valence-electron chi connectivity index (χ2n) is 4.93. The molecular formula is C15H17N3O3. The SMILES string of the molecule is CCOc1ccccc1[C@@H]1N[C@H](C(=O)O)Cc2[nH]cnc21. The third kappa shape index (κ3) is 2.50. The average Bonchev–Trinajstić information content (AvgIpc) is 2.95. The van der Waals surface area contributed by atoms with E-state index in [4.69, 9.17) is 4.74 Å². The Morgan fingerprint density at radius 3 is 3.05 bits per heavy atom. The van der Waals surface area contributed by atoms with Gasteiger partial charge in [0.15, 0.2) is 0 Å². The van der Waals surface area contributed by atoms with E-state index >= 15 is 0 Å². The minimum atomic E-state index is -0.867. The Balaban J connectivity index is 2.03. The minimum Gasteiger partial charge on any atom is -0.494 e. The quantitative estimate of drug-likeness (QED) is 0.793. The van der Waals surface area contributed by atoms with Gasteiger partial charge in [-0.1, -0.05) is 18.2 Å². The zero-order valence-electron chi connectivity index (χ0n) is 11.7. The molecule has 110 valence electrons. The zero-order valence-corrected chi connectivity index (χ0v) is 11.7. The van der Waals surface area contributed by atoms with Gasteiger partial charge in [-0.2, -0.15) is 0 Å². The molecule has 6 heteroatoms. The highest BCUT2D eigenvalue weighted by Crippen LogP contribution is 2.33. The predicted octanol–water partition coefficient (Wildman–Crippen LogP) is 1.50. The van der Waals surface area contributed by atoms with Gasteiger partial charge in [0.05, 0.1) is 24.7 Å². The number of imidazole rings is 1. The largest absolute Gasteiger partial charge is 0.494 e. The zero-order chi connectivity index (χ0) is 14.8. The first kappa shape index (κ1) is 13.6. The lowest BCUT2D eigenvalue weighted by Crippen LogP contribution is -2.45. The van der Waals surface area contributed by atoms with Gasteiger partial charge in [-0.15, -0.1) is 0 Å². The fourth-order valence-electron chi connectivity index (χ4n) is 2.69. The third-order valence-electron chi connectivity index (χ3n) is 3.63. The third-order valence-corrected chi connectivity index (χ3v) is 3.63. The molecular weight excluding hydrogens is 270 g/mol. The van der Waals surface area contributed by atoms with Crippen molar-refractivity contribution >= 4 is 5.97 Å². The fourth-order valence-corrected chi connectivity index (χ4v) is 2.69. The molecule has 3 N–H and O–H groups in total. The number of hydrogen-bond acceptors (Lipinski definition) is 4. The van der Waals surface area contributed by atoms with Gasteiger partial charge in [-0.3, -0.25) is 10.1 Å². The smallest absolute Gasteiger partial charge is 0.321 e. The van der Waals surface area contributed by atoms with E-state index in [0.717, 1.165) is 22.7 Å². The summed E-state index contributed by atoms with van der Waals surface area (Å²) < 4.78 is 5.65. The number of benzene rings is 1. The van der Waals surface area contributed by atoms with Crippen LogP contribution < -0.4 is 10.1 Å². The summed E-state index contributed by atoms with van der Waals surface area (Å²) in [6.45, 7) is 2.48. The van der Waals surface area contributed by atoms with Crippen molar-refractivity contribution in [3.05, 3.63) is 47.5 Å². The van der Waals surface area contributed by atoms with E-state index in [1.54, 1.807) is 6.33 Å². The number of aromatic nitrogens is 2. The maximum absolute atomic E-state index is 11.3. The molecule has 0 unspecified atom stereocenters. The Hall–Kier alpha value is -2.34. The lowest BCUT2D eigenvalue weighted by Gasteiger charge is -2.29. The summed E-state index contributed by atoms with van der Waals surface area (Å²) in [5.74, 6) is -0.119.